The van der Waals surface area contributed by atoms with E-state index in [9.17, 15) is 13.2 Å². The van der Waals surface area contributed by atoms with Crippen LogP contribution in [0.2, 0.25) is 5.02 Å². The van der Waals surface area contributed by atoms with Crippen molar-refractivity contribution < 1.29 is 13.2 Å². The summed E-state index contributed by atoms with van der Waals surface area (Å²) in [6, 6.07) is 6.48. The molecule has 1 aromatic carbocycles. The highest BCUT2D eigenvalue weighted by Gasteiger charge is 2.28. The van der Waals surface area contributed by atoms with Crippen molar-refractivity contribution in [1.82, 2.24) is 9.97 Å². The molecule has 1 aliphatic rings. The van der Waals surface area contributed by atoms with Crippen LogP contribution < -0.4 is 10.6 Å². The normalized spacial score (nSPS) is 18.7. The molecule has 2 heterocycles. The number of carbonyl (C=O) groups excluding carboxylic acids is 1. The number of rotatable bonds is 4. The summed E-state index contributed by atoms with van der Waals surface area (Å²) in [5.74, 6) is 0.0420. The quantitative estimate of drug-likeness (QED) is 0.843. The summed E-state index contributed by atoms with van der Waals surface area (Å²) in [6.07, 6.45) is 1.96. The van der Waals surface area contributed by atoms with E-state index in [1.165, 1.54) is 12.3 Å². The van der Waals surface area contributed by atoms with Crippen LogP contribution in [0, 0.1) is 6.92 Å². The highest BCUT2D eigenvalue weighted by Crippen LogP contribution is 2.21. The van der Waals surface area contributed by atoms with E-state index in [2.05, 4.69) is 20.6 Å². The van der Waals surface area contributed by atoms with E-state index in [1.807, 2.05) is 13.0 Å². The fourth-order valence-corrected chi connectivity index (χ4v) is 4.41. The molecule has 9 heteroatoms. The van der Waals surface area contributed by atoms with E-state index in [-0.39, 0.29) is 29.2 Å². The number of hydrogen-bond donors (Lipinski definition) is 2. The van der Waals surface area contributed by atoms with Gasteiger partial charge in [0.25, 0.3) is 5.91 Å². The molecule has 1 atom stereocenters. The molecular formula is C16H17ClN4O3S. The number of nitrogens with zero attached hydrogens (tertiary/aromatic N) is 2. The smallest absolute Gasteiger partial charge is 0.274 e. The zero-order valence-corrected chi connectivity index (χ0v) is 15.1. The zero-order valence-electron chi connectivity index (χ0n) is 13.5. The van der Waals surface area contributed by atoms with Gasteiger partial charge in [-0.1, -0.05) is 17.7 Å². The molecule has 1 unspecified atom stereocenters. The predicted octanol–water partition coefficient (Wildman–Crippen LogP) is 2.29. The summed E-state index contributed by atoms with van der Waals surface area (Å²) in [6.45, 7) is 1.86. The summed E-state index contributed by atoms with van der Waals surface area (Å²) in [7, 11) is -3.00. The summed E-state index contributed by atoms with van der Waals surface area (Å²) in [5.41, 5.74) is 1.66. The largest absolute Gasteiger partial charge is 0.350 e. The third-order valence-electron chi connectivity index (χ3n) is 3.90. The molecule has 1 saturated heterocycles. The van der Waals surface area contributed by atoms with Gasteiger partial charge in [-0.15, -0.1) is 0 Å². The molecular weight excluding hydrogens is 364 g/mol. The lowest BCUT2D eigenvalue weighted by atomic mass is 10.2. The number of hydrogen-bond acceptors (Lipinski definition) is 6. The van der Waals surface area contributed by atoms with E-state index in [0.717, 1.165) is 5.56 Å². The Bertz CT molecular complexity index is 917. The number of aromatic nitrogens is 2. The Morgan fingerprint density at radius 1 is 1.32 bits per heavy atom. The second-order valence-electron chi connectivity index (χ2n) is 5.92. The Kier molecular flexibility index (Phi) is 4.91. The lowest BCUT2D eigenvalue weighted by Crippen LogP contribution is -2.23. The number of anilines is 2. The topological polar surface area (TPSA) is 101 Å². The first-order valence-corrected chi connectivity index (χ1v) is 9.90. The van der Waals surface area contributed by atoms with Gasteiger partial charge in [0.15, 0.2) is 9.84 Å². The third kappa shape index (κ3) is 4.46. The van der Waals surface area contributed by atoms with Crippen LogP contribution in [-0.2, 0) is 9.84 Å². The molecule has 1 aromatic heterocycles. The molecule has 7 nitrogen and oxygen atoms in total. The van der Waals surface area contributed by atoms with Crippen molar-refractivity contribution in [3.8, 4) is 0 Å². The number of halogens is 1. The fourth-order valence-electron chi connectivity index (χ4n) is 2.56. The minimum absolute atomic E-state index is 0.0501. The number of aryl methyl sites for hydroxylation is 1. The SMILES string of the molecule is Cc1ccc(Cl)cc1NC(=O)c1ccnc(NC2CCS(=O)(=O)C2)n1. The third-order valence-corrected chi connectivity index (χ3v) is 5.90. The Labute approximate surface area is 150 Å². The Hall–Kier alpha value is -2.19. The van der Waals surface area contributed by atoms with Crippen LogP contribution in [0.25, 0.3) is 0 Å². The second kappa shape index (κ2) is 6.97. The van der Waals surface area contributed by atoms with Crippen molar-refractivity contribution in [3.05, 3.63) is 46.7 Å². The summed E-state index contributed by atoms with van der Waals surface area (Å²) >= 11 is 5.95. The molecule has 1 amide bonds. The Morgan fingerprint density at radius 2 is 2.12 bits per heavy atom. The molecule has 1 aliphatic heterocycles. The van der Waals surface area contributed by atoms with Crippen LogP contribution in [0.1, 0.15) is 22.5 Å². The maximum absolute atomic E-state index is 12.4. The van der Waals surface area contributed by atoms with Crippen LogP contribution in [0.5, 0.6) is 0 Å². The first-order valence-electron chi connectivity index (χ1n) is 7.70. The second-order valence-corrected chi connectivity index (χ2v) is 8.59. The molecule has 0 saturated carbocycles. The minimum atomic E-state index is -3.00. The van der Waals surface area contributed by atoms with Gasteiger partial charge in [-0.05, 0) is 37.1 Å². The van der Waals surface area contributed by atoms with Crippen LogP contribution in [0.4, 0.5) is 11.6 Å². The van der Waals surface area contributed by atoms with Gasteiger partial charge >= 0.3 is 0 Å². The maximum Gasteiger partial charge on any atom is 0.274 e. The lowest BCUT2D eigenvalue weighted by Gasteiger charge is -2.12. The summed E-state index contributed by atoms with van der Waals surface area (Å²) in [5, 5.41) is 6.26. The molecule has 3 rings (SSSR count). The fraction of sp³-hybridized carbons (Fsp3) is 0.312. The van der Waals surface area contributed by atoms with Crippen LogP contribution in [0.3, 0.4) is 0 Å². The molecule has 1 fully saturated rings. The van der Waals surface area contributed by atoms with E-state index < -0.39 is 15.7 Å². The monoisotopic (exact) mass is 380 g/mol. The molecule has 2 aromatic rings. The highest BCUT2D eigenvalue weighted by atomic mass is 35.5. The number of amides is 1. The maximum atomic E-state index is 12.4. The number of benzene rings is 1. The van der Waals surface area contributed by atoms with E-state index >= 15 is 0 Å². The first kappa shape index (κ1) is 17.6. The van der Waals surface area contributed by atoms with E-state index in [0.29, 0.717) is 17.1 Å². The van der Waals surface area contributed by atoms with Gasteiger partial charge in [0.05, 0.1) is 11.5 Å². The van der Waals surface area contributed by atoms with Crippen LogP contribution in [0.15, 0.2) is 30.5 Å². The van der Waals surface area contributed by atoms with Crippen molar-refractivity contribution in [3.63, 3.8) is 0 Å². The van der Waals surface area contributed by atoms with Crippen molar-refractivity contribution in [2.75, 3.05) is 22.1 Å². The van der Waals surface area contributed by atoms with Gasteiger partial charge in [-0.3, -0.25) is 4.79 Å². The molecule has 0 radical (unpaired) electrons. The number of sulfone groups is 1. The standard InChI is InChI=1S/C16H17ClN4O3S/c1-10-2-3-11(17)8-14(10)20-15(22)13-4-6-18-16(21-13)19-12-5-7-25(23,24)9-12/h2-4,6,8,12H,5,7,9H2,1H3,(H,20,22)(H,18,19,21). The minimum Gasteiger partial charge on any atom is -0.350 e. The highest BCUT2D eigenvalue weighted by molar-refractivity contribution is 7.91. The molecule has 0 aliphatic carbocycles. The van der Waals surface area contributed by atoms with Crippen molar-refractivity contribution in [1.29, 1.82) is 0 Å². The van der Waals surface area contributed by atoms with Gasteiger partial charge in [0.1, 0.15) is 5.69 Å². The number of carbonyl (C=O) groups is 1. The molecule has 0 bridgehead atoms. The average molecular weight is 381 g/mol. The van der Waals surface area contributed by atoms with Gasteiger partial charge < -0.3 is 10.6 Å². The average Bonchev–Trinajstić information content (AvgIpc) is 2.90. The van der Waals surface area contributed by atoms with E-state index in [4.69, 9.17) is 11.6 Å². The summed E-state index contributed by atoms with van der Waals surface area (Å²) in [4.78, 5) is 20.6. The Morgan fingerprint density at radius 3 is 2.84 bits per heavy atom. The summed E-state index contributed by atoms with van der Waals surface area (Å²) < 4.78 is 23.0. The molecule has 2 N–H and O–H groups in total. The van der Waals surface area contributed by atoms with Crippen LogP contribution >= 0.6 is 11.6 Å². The lowest BCUT2D eigenvalue weighted by molar-refractivity contribution is 0.102. The van der Waals surface area contributed by atoms with Gasteiger partial charge in [-0.2, -0.15) is 0 Å². The Balaban J connectivity index is 1.72. The van der Waals surface area contributed by atoms with Crippen molar-refractivity contribution in [2.24, 2.45) is 0 Å². The molecule has 25 heavy (non-hydrogen) atoms. The van der Waals surface area contributed by atoms with Gasteiger partial charge in [0.2, 0.25) is 5.95 Å². The van der Waals surface area contributed by atoms with E-state index in [1.54, 1.807) is 12.1 Å². The predicted molar refractivity (Wildman–Crippen MR) is 96.9 cm³/mol. The molecule has 0 spiro atoms. The van der Waals surface area contributed by atoms with Crippen molar-refractivity contribution in [2.45, 2.75) is 19.4 Å². The van der Waals surface area contributed by atoms with Crippen LogP contribution in [-0.4, -0.2) is 41.8 Å². The zero-order chi connectivity index (χ0) is 18.0. The van der Waals surface area contributed by atoms with Gasteiger partial charge in [-0.25, -0.2) is 18.4 Å². The number of nitrogens with one attached hydrogen (secondary N) is 2. The molecule has 132 valence electrons. The van der Waals surface area contributed by atoms with Crippen molar-refractivity contribution >= 4 is 39.0 Å². The first-order chi connectivity index (χ1) is 11.8. The van der Waals surface area contributed by atoms with Gasteiger partial charge in [0, 0.05) is 22.9 Å².